The van der Waals surface area contributed by atoms with Crippen LogP contribution in [0.1, 0.15) is 11.1 Å². The molecule has 0 saturated heterocycles. The normalized spacial score (nSPS) is 9.33. The highest BCUT2D eigenvalue weighted by Crippen LogP contribution is 2.24. The Morgan fingerprint density at radius 2 is 1.62 bits per heavy atom. The van der Waals surface area contributed by atoms with Crippen LogP contribution in [0, 0.1) is 22.7 Å². The Morgan fingerprint density at radius 3 is 2.21 bits per heavy atom. The molecule has 5 heteroatoms. The molecule has 2 aromatic rings. The molecule has 2 aromatic carbocycles. The molecular formula is C19H16N2O3. The third-order valence-corrected chi connectivity index (χ3v) is 3.31. The van der Waals surface area contributed by atoms with Gasteiger partial charge in [-0.2, -0.15) is 10.5 Å². The first-order valence-electron chi connectivity index (χ1n) is 7.16. The maximum absolute atomic E-state index is 8.85. The molecule has 0 unspecified atom stereocenters. The smallest absolute Gasteiger partial charge is 0.130 e. The molecule has 0 aliphatic carbocycles. The van der Waals surface area contributed by atoms with Crippen molar-refractivity contribution < 1.29 is 14.2 Å². The summed E-state index contributed by atoms with van der Waals surface area (Å²) in [5, 5.41) is 17.7. The van der Waals surface area contributed by atoms with E-state index in [2.05, 4.69) is 0 Å². The van der Waals surface area contributed by atoms with Crippen molar-refractivity contribution >= 4 is 6.08 Å². The van der Waals surface area contributed by atoms with Gasteiger partial charge < -0.3 is 14.2 Å². The molecule has 0 bridgehead atoms. The average molecular weight is 320 g/mol. The number of nitrogens with zero attached hydrogens (tertiary/aromatic N) is 2. The zero-order valence-electron chi connectivity index (χ0n) is 13.4. The van der Waals surface area contributed by atoms with Crippen LogP contribution >= 0.6 is 0 Å². The van der Waals surface area contributed by atoms with Gasteiger partial charge in [0, 0.05) is 5.56 Å². The fourth-order valence-electron chi connectivity index (χ4n) is 2.09. The predicted octanol–water partition coefficient (Wildman–Crippen LogP) is 3.71. The molecule has 0 atom stereocenters. The molecule has 0 amide bonds. The molecule has 5 nitrogen and oxygen atoms in total. The lowest BCUT2D eigenvalue weighted by Crippen LogP contribution is -1.99. The number of methoxy groups -OCH3 is 2. The van der Waals surface area contributed by atoms with Crippen LogP contribution in [-0.2, 0) is 6.61 Å². The van der Waals surface area contributed by atoms with Crippen LogP contribution < -0.4 is 14.2 Å². The Kier molecular flexibility index (Phi) is 5.82. The average Bonchev–Trinajstić information content (AvgIpc) is 2.64. The van der Waals surface area contributed by atoms with Crippen molar-refractivity contribution in [2.75, 3.05) is 14.2 Å². The molecule has 24 heavy (non-hydrogen) atoms. The Labute approximate surface area is 140 Å². The first-order valence-corrected chi connectivity index (χ1v) is 7.16. The van der Waals surface area contributed by atoms with Gasteiger partial charge in [0.1, 0.15) is 41.6 Å². The number of benzene rings is 2. The summed E-state index contributed by atoms with van der Waals surface area (Å²) >= 11 is 0. The predicted molar refractivity (Wildman–Crippen MR) is 89.5 cm³/mol. The third kappa shape index (κ3) is 4.28. The fourth-order valence-corrected chi connectivity index (χ4v) is 2.09. The van der Waals surface area contributed by atoms with E-state index in [0.29, 0.717) is 18.1 Å². The van der Waals surface area contributed by atoms with E-state index in [4.69, 9.17) is 24.7 Å². The lowest BCUT2D eigenvalue weighted by atomic mass is 10.1. The second-order valence-corrected chi connectivity index (χ2v) is 4.82. The van der Waals surface area contributed by atoms with Gasteiger partial charge in [0.15, 0.2) is 0 Å². The Balaban J connectivity index is 2.20. The largest absolute Gasteiger partial charge is 0.497 e. The van der Waals surface area contributed by atoms with Gasteiger partial charge in [-0.3, -0.25) is 0 Å². The summed E-state index contributed by atoms with van der Waals surface area (Å²) in [6.07, 6.45) is 1.52. The summed E-state index contributed by atoms with van der Waals surface area (Å²) in [5.74, 6) is 2.14. The van der Waals surface area contributed by atoms with E-state index in [1.165, 1.54) is 6.08 Å². The molecular weight excluding hydrogens is 304 g/mol. The molecule has 120 valence electrons. The van der Waals surface area contributed by atoms with E-state index < -0.39 is 0 Å². The van der Waals surface area contributed by atoms with Crippen molar-refractivity contribution in [3.63, 3.8) is 0 Å². The number of hydrogen-bond acceptors (Lipinski definition) is 5. The van der Waals surface area contributed by atoms with E-state index in [1.54, 1.807) is 26.4 Å². The van der Waals surface area contributed by atoms with Crippen molar-refractivity contribution in [2.45, 2.75) is 6.61 Å². The van der Waals surface area contributed by atoms with Gasteiger partial charge in [-0.05, 0) is 48.0 Å². The first kappa shape index (κ1) is 16.9. The van der Waals surface area contributed by atoms with Crippen LogP contribution in [-0.4, -0.2) is 14.2 Å². The number of ether oxygens (including phenoxy) is 3. The molecule has 0 aliphatic heterocycles. The quantitative estimate of drug-likeness (QED) is 0.758. The summed E-state index contributed by atoms with van der Waals surface area (Å²) in [4.78, 5) is 0. The summed E-state index contributed by atoms with van der Waals surface area (Å²) in [6, 6.07) is 16.4. The second-order valence-electron chi connectivity index (χ2n) is 4.82. The van der Waals surface area contributed by atoms with E-state index in [-0.39, 0.29) is 5.57 Å². The van der Waals surface area contributed by atoms with Crippen molar-refractivity contribution in [3.8, 4) is 29.4 Å². The standard InChI is InChI=1S/C19H16N2O3/c1-22-17-4-6-18(7-5-17)24-13-16-10-14(3-8-19(16)23-2)9-15(11-20)12-21/h3-10H,13H2,1-2H3. The van der Waals surface area contributed by atoms with Crippen LogP contribution in [0.4, 0.5) is 0 Å². The van der Waals surface area contributed by atoms with Crippen LogP contribution in [0.25, 0.3) is 6.08 Å². The maximum atomic E-state index is 8.85. The highest BCUT2D eigenvalue weighted by atomic mass is 16.5. The third-order valence-electron chi connectivity index (χ3n) is 3.31. The molecule has 2 rings (SSSR count). The first-order chi connectivity index (χ1) is 11.7. The summed E-state index contributed by atoms with van der Waals surface area (Å²) in [6.45, 7) is 0.297. The van der Waals surface area contributed by atoms with E-state index >= 15 is 0 Å². The van der Waals surface area contributed by atoms with Crippen LogP contribution in [0.2, 0.25) is 0 Å². The van der Waals surface area contributed by atoms with Crippen LogP contribution in [0.3, 0.4) is 0 Å². The maximum Gasteiger partial charge on any atom is 0.130 e. The molecule has 0 radical (unpaired) electrons. The number of nitriles is 2. The summed E-state index contributed by atoms with van der Waals surface area (Å²) in [7, 11) is 3.19. The molecule has 0 aromatic heterocycles. The number of rotatable bonds is 6. The van der Waals surface area contributed by atoms with E-state index in [1.807, 2.05) is 42.5 Å². The SMILES string of the molecule is COc1ccc(OCc2cc(C=C(C#N)C#N)ccc2OC)cc1. The zero-order valence-corrected chi connectivity index (χ0v) is 13.4. The van der Waals surface area contributed by atoms with E-state index in [0.717, 1.165) is 16.9 Å². The van der Waals surface area contributed by atoms with Gasteiger partial charge in [0.25, 0.3) is 0 Å². The Bertz CT molecular complexity index is 796. The van der Waals surface area contributed by atoms with Gasteiger partial charge in [-0.25, -0.2) is 0 Å². The van der Waals surface area contributed by atoms with E-state index in [9.17, 15) is 0 Å². The van der Waals surface area contributed by atoms with Gasteiger partial charge in [-0.15, -0.1) is 0 Å². The fraction of sp³-hybridized carbons (Fsp3) is 0.158. The Hall–Kier alpha value is -3.44. The highest BCUT2D eigenvalue weighted by molar-refractivity contribution is 5.63. The van der Waals surface area contributed by atoms with Gasteiger partial charge >= 0.3 is 0 Å². The van der Waals surface area contributed by atoms with Crippen molar-refractivity contribution in [2.24, 2.45) is 0 Å². The summed E-state index contributed by atoms with van der Waals surface area (Å²) in [5.41, 5.74) is 1.60. The van der Waals surface area contributed by atoms with Crippen molar-refractivity contribution in [1.82, 2.24) is 0 Å². The minimum atomic E-state index is 0.0437. The minimum absolute atomic E-state index is 0.0437. The van der Waals surface area contributed by atoms with Crippen LogP contribution in [0.5, 0.6) is 17.2 Å². The molecule has 0 heterocycles. The van der Waals surface area contributed by atoms with Gasteiger partial charge in [0.05, 0.1) is 14.2 Å². The molecule has 0 spiro atoms. The lowest BCUT2D eigenvalue weighted by Gasteiger charge is -2.11. The number of hydrogen-bond donors (Lipinski definition) is 0. The topological polar surface area (TPSA) is 75.3 Å². The van der Waals surface area contributed by atoms with Crippen molar-refractivity contribution in [1.29, 1.82) is 10.5 Å². The van der Waals surface area contributed by atoms with Crippen LogP contribution in [0.15, 0.2) is 48.0 Å². The molecule has 0 saturated carbocycles. The highest BCUT2D eigenvalue weighted by Gasteiger charge is 2.06. The van der Waals surface area contributed by atoms with Crippen molar-refractivity contribution in [3.05, 3.63) is 59.2 Å². The lowest BCUT2D eigenvalue weighted by molar-refractivity contribution is 0.296. The summed E-state index contributed by atoms with van der Waals surface area (Å²) < 4.78 is 16.2. The molecule has 0 aliphatic rings. The zero-order chi connectivity index (χ0) is 17.4. The van der Waals surface area contributed by atoms with Gasteiger partial charge in [0.2, 0.25) is 0 Å². The minimum Gasteiger partial charge on any atom is -0.497 e. The molecule has 0 fully saturated rings. The number of allylic oxidation sites excluding steroid dienone is 1. The molecule has 0 N–H and O–H groups in total. The monoisotopic (exact) mass is 320 g/mol. The second kappa shape index (κ2) is 8.26. The Morgan fingerprint density at radius 1 is 0.958 bits per heavy atom. The van der Waals surface area contributed by atoms with Gasteiger partial charge in [-0.1, -0.05) is 6.07 Å².